The van der Waals surface area contributed by atoms with E-state index in [9.17, 15) is 14.4 Å². The lowest BCUT2D eigenvalue weighted by Gasteiger charge is -2.24. The summed E-state index contributed by atoms with van der Waals surface area (Å²) in [6.07, 6.45) is 4.44. The molecule has 6 nitrogen and oxygen atoms in total. The van der Waals surface area contributed by atoms with E-state index in [0.29, 0.717) is 44.5 Å². The van der Waals surface area contributed by atoms with E-state index in [-0.39, 0.29) is 17.7 Å². The maximum absolute atomic E-state index is 12.9. The Morgan fingerprint density at radius 2 is 1.96 bits per heavy atom. The molecule has 6 heteroatoms. The number of hydrogen-bond acceptors (Lipinski definition) is 3. The van der Waals surface area contributed by atoms with Crippen molar-refractivity contribution in [3.63, 3.8) is 0 Å². The number of amides is 3. The third kappa shape index (κ3) is 5.58. The Morgan fingerprint density at radius 1 is 1.15 bits per heavy atom. The van der Waals surface area contributed by atoms with E-state index in [1.807, 2.05) is 19.1 Å². The molecule has 142 valence electrons. The number of rotatable bonds is 9. The van der Waals surface area contributed by atoms with Crippen LogP contribution in [0.4, 0.5) is 5.69 Å². The first-order valence-corrected chi connectivity index (χ1v) is 9.53. The van der Waals surface area contributed by atoms with Crippen LogP contribution >= 0.6 is 0 Å². The van der Waals surface area contributed by atoms with Crippen molar-refractivity contribution in [1.29, 1.82) is 0 Å². The number of carbonyl (C=O) groups is 3. The average molecular weight is 359 g/mol. The van der Waals surface area contributed by atoms with Gasteiger partial charge >= 0.3 is 0 Å². The van der Waals surface area contributed by atoms with E-state index in [0.717, 1.165) is 30.5 Å². The number of nitrogens with one attached hydrogen (secondary N) is 2. The SMILES string of the molecule is CCCCC(=O)NCCN(CCC)C(=O)c1ccc2c(c1)NC(=O)CC2. The van der Waals surface area contributed by atoms with E-state index in [4.69, 9.17) is 0 Å². The van der Waals surface area contributed by atoms with E-state index in [1.54, 1.807) is 11.0 Å². The molecule has 2 N–H and O–H groups in total. The first-order chi connectivity index (χ1) is 12.5. The maximum Gasteiger partial charge on any atom is 0.253 e. The predicted molar refractivity (Wildman–Crippen MR) is 102 cm³/mol. The zero-order chi connectivity index (χ0) is 18.9. The van der Waals surface area contributed by atoms with Gasteiger partial charge < -0.3 is 15.5 Å². The van der Waals surface area contributed by atoms with Crippen molar-refractivity contribution in [1.82, 2.24) is 10.2 Å². The molecule has 0 spiro atoms. The molecule has 2 rings (SSSR count). The number of unbranched alkanes of at least 4 members (excludes halogenated alkanes) is 1. The molecule has 0 radical (unpaired) electrons. The Balaban J connectivity index is 1.98. The summed E-state index contributed by atoms with van der Waals surface area (Å²) in [6, 6.07) is 5.50. The van der Waals surface area contributed by atoms with Gasteiger partial charge in [0.15, 0.2) is 0 Å². The van der Waals surface area contributed by atoms with Crippen molar-refractivity contribution in [2.24, 2.45) is 0 Å². The molecule has 0 saturated heterocycles. The van der Waals surface area contributed by atoms with Crippen LogP contribution in [0.5, 0.6) is 0 Å². The Morgan fingerprint density at radius 3 is 2.69 bits per heavy atom. The van der Waals surface area contributed by atoms with Crippen LogP contribution in [0.1, 0.15) is 61.9 Å². The van der Waals surface area contributed by atoms with Crippen LogP contribution in [0, 0.1) is 0 Å². The highest BCUT2D eigenvalue weighted by atomic mass is 16.2. The monoisotopic (exact) mass is 359 g/mol. The first-order valence-electron chi connectivity index (χ1n) is 9.53. The average Bonchev–Trinajstić information content (AvgIpc) is 2.64. The lowest BCUT2D eigenvalue weighted by atomic mass is 10.0. The standard InChI is InChI=1S/C20H29N3O3/c1-3-5-6-18(24)21-11-13-23(12-4-2)20(26)16-8-7-15-9-10-19(25)22-17(15)14-16/h7-8,14H,3-6,9-13H2,1-2H3,(H,21,24)(H,22,25). The minimum Gasteiger partial charge on any atom is -0.354 e. The van der Waals surface area contributed by atoms with Crippen LogP contribution in [0.3, 0.4) is 0 Å². The van der Waals surface area contributed by atoms with Crippen molar-refractivity contribution in [2.45, 2.75) is 52.4 Å². The highest BCUT2D eigenvalue weighted by Gasteiger charge is 2.19. The van der Waals surface area contributed by atoms with Crippen LogP contribution in [-0.2, 0) is 16.0 Å². The molecule has 0 saturated carbocycles. The second kappa shape index (κ2) is 9.94. The van der Waals surface area contributed by atoms with Crippen molar-refractivity contribution >= 4 is 23.4 Å². The Labute approximate surface area is 155 Å². The lowest BCUT2D eigenvalue weighted by molar-refractivity contribution is -0.121. The molecule has 1 aliphatic rings. The highest BCUT2D eigenvalue weighted by molar-refractivity contribution is 5.99. The number of benzene rings is 1. The van der Waals surface area contributed by atoms with Crippen molar-refractivity contribution < 1.29 is 14.4 Å². The smallest absolute Gasteiger partial charge is 0.253 e. The maximum atomic E-state index is 12.9. The fourth-order valence-corrected chi connectivity index (χ4v) is 3.03. The van der Waals surface area contributed by atoms with Gasteiger partial charge in [-0.2, -0.15) is 0 Å². The summed E-state index contributed by atoms with van der Waals surface area (Å²) < 4.78 is 0. The molecule has 26 heavy (non-hydrogen) atoms. The Kier molecular flexibility index (Phi) is 7.63. The summed E-state index contributed by atoms with van der Waals surface area (Å²) in [5.74, 6) is -0.0492. The zero-order valence-corrected chi connectivity index (χ0v) is 15.8. The molecular formula is C20H29N3O3. The number of fused-ring (bicyclic) bond motifs is 1. The molecule has 1 heterocycles. The van der Waals surface area contributed by atoms with Crippen molar-refractivity contribution in [3.05, 3.63) is 29.3 Å². The van der Waals surface area contributed by atoms with Crippen LogP contribution in [0.15, 0.2) is 18.2 Å². The fraction of sp³-hybridized carbons (Fsp3) is 0.550. The molecule has 0 unspecified atom stereocenters. The second-order valence-corrected chi connectivity index (χ2v) is 6.67. The summed E-state index contributed by atoms with van der Waals surface area (Å²) in [5, 5.41) is 5.72. The van der Waals surface area contributed by atoms with E-state index in [2.05, 4.69) is 17.6 Å². The Bertz CT molecular complexity index is 658. The number of nitrogens with zero attached hydrogens (tertiary/aromatic N) is 1. The van der Waals surface area contributed by atoms with Crippen LogP contribution in [-0.4, -0.2) is 42.3 Å². The van der Waals surface area contributed by atoms with Gasteiger partial charge in [0.1, 0.15) is 0 Å². The van der Waals surface area contributed by atoms with E-state index in [1.165, 1.54) is 0 Å². The minimum atomic E-state index is -0.0720. The highest BCUT2D eigenvalue weighted by Crippen LogP contribution is 2.24. The molecule has 0 aliphatic carbocycles. The molecule has 0 fully saturated rings. The first kappa shape index (κ1) is 19.9. The lowest BCUT2D eigenvalue weighted by Crippen LogP contribution is -2.39. The van der Waals surface area contributed by atoms with Crippen LogP contribution < -0.4 is 10.6 Å². The van der Waals surface area contributed by atoms with Crippen LogP contribution in [0.2, 0.25) is 0 Å². The summed E-state index contributed by atoms with van der Waals surface area (Å²) in [6.45, 7) is 5.64. The van der Waals surface area contributed by atoms with Crippen molar-refractivity contribution in [3.8, 4) is 0 Å². The summed E-state index contributed by atoms with van der Waals surface area (Å²) >= 11 is 0. The van der Waals surface area contributed by atoms with Gasteiger partial charge in [-0.1, -0.05) is 26.3 Å². The minimum absolute atomic E-state index is 0.0118. The van der Waals surface area contributed by atoms with Gasteiger partial charge in [0.2, 0.25) is 11.8 Å². The fourth-order valence-electron chi connectivity index (χ4n) is 3.03. The van der Waals surface area contributed by atoms with Gasteiger partial charge in [-0.25, -0.2) is 0 Å². The zero-order valence-electron chi connectivity index (χ0n) is 15.8. The Hall–Kier alpha value is -2.37. The third-order valence-corrected chi connectivity index (χ3v) is 4.49. The molecule has 0 aromatic heterocycles. The number of carbonyl (C=O) groups excluding carboxylic acids is 3. The van der Waals surface area contributed by atoms with Crippen LogP contribution in [0.25, 0.3) is 0 Å². The van der Waals surface area contributed by atoms with Gasteiger partial charge in [0.05, 0.1) is 0 Å². The predicted octanol–water partition coefficient (Wildman–Crippen LogP) is 2.73. The summed E-state index contributed by atoms with van der Waals surface area (Å²) in [5.41, 5.74) is 2.36. The van der Waals surface area contributed by atoms with Gasteiger partial charge in [-0.3, -0.25) is 14.4 Å². The van der Waals surface area contributed by atoms with Gasteiger partial charge in [-0.05, 0) is 37.0 Å². The molecule has 1 aliphatic heterocycles. The molecule has 0 atom stereocenters. The molecule has 3 amide bonds. The summed E-state index contributed by atoms with van der Waals surface area (Å²) in [7, 11) is 0. The quantitative estimate of drug-likeness (QED) is 0.711. The molecule has 1 aromatic carbocycles. The van der Waals surface area contributed by atoms with E-state index < -0.39 is 0 Å². The third-order valence-electron chi connectivity index (χ3n) is 4.49. The topological polar surface area (TPSA) is 78.5 Å². The largest absolute Gasteiger partial charge is 0.354 e. The second-order valence-electron chi connectivity index (χ2n) is 6.67. The number of anilines is 1. The molecular weight excluding hydrogens is 330 g/mol. The number of aryl methyl sites for hydroxylation is 1. The number of hydrogen-bond donors (Lipinski definition) is 2. The van der Waals surface area contributed by atoms with Gasteiger partial charge in [0, 0.05) is 43.7 Å². The molecule has 0 bridgehead atoms. The van der Waals surface area contributed by atoms with Gasteiger partial charge in [0.25, 0.3) is 5.91 Å². The normalized spacial score (nSPS) is 12.9. The van der Waals surface area contributed by atoms with Crippen molar-refractivity contribution in [2.75, 3.05) is 25.0 Å². The summed E-state index contributed by atoms with van der Waals surface area (Å²) in [4.78, 5) is 37.9. The molecule has 1 aromatic rings. The van der Waals surface area contributed by atoms with E-state index >= 15 is 0 Å². The van der Waals surface area contributed by atoms with Gasteiger partial charge in [-0.15, -0.1) is 0 Å².